The first-order chi connectivity index (χ1) is 11.1. The molecular weight excluding hydrogens is 293 g/mol. The first-order valence-corrected chi connectivity index (χ1v) is 7.61. The summed E-state index contributed by atoms with van der Waals surface area (Å²) in [5, 5.41) is 2.91. The SMILES string of the molecule is Cc1ccccc1NC(=O)N(C1=NCCC1)c1ccc(F)cc1. The number of urea groups is 1. The highest BCUT2D eigenvalue weighted by Crippen LogP contribution is 2.22. The topological polar surface area (TPSA) is 44.7 Å². The number of aryl methyl sites for hydroxylation is 1. The maximum Gasteiger partial charge on any atom is 0.331 e. The number of benzene rings is 2. The minimum atomic E-state index is -0.332. The molecule has 2 aromatic rings. The number of halogens is 1. The standard InChI is InChI=1S/C18H18FN3O/c1-13-5-2-3-6-16(13)21-18(23)22(17-7-4-12-20-17)15-10-8-14(19)9-11-15/h2-3,5-6,8-11H,4,7,12H2,1H3,(H,21,23). The number of carbonyl (C=O) groups is 1. The van der Waals surface area contributed by atoms with E-state index in [1.54, 1.807) is 12.1 Å². The van der Waals surface area contributed by atoms with Crippen molar-refractivity contribution in [2.24, 2.45) is 4.99 Å². The van der Waals surface area contributed by atoms with Gasteiger partial charge in [-0.3, -0.25) is 9.89 Å². The molecule has 1 heterocycles. The van der Waals surface area contributed by atoms with Gasteiger partial charge in [0.25, 0.3) is 0 Å². The second-order valence-electron chi connectivity index (χ2n) is 5.46. The van der Waals surface area contributed by atoms with E-state index in [1.165, 1.54) is 17.0 Å². The Labute approximate surface area is 134 Å². The zero-order chi connectivity index (χ0) is 16.2. The molecule has 0 aromatic heterocycles. The van der Waals surface area contributed by atoms with E-state index in [1.807, 2.05) is 31.2 Å². The van der Waals surface area contributed by atoms with Crippen LogP contribution < -0.4 is 10.2 Å². The minimum absolute atomic E-state index is 0.286. The highest BCUT2D eigenvalue weighted by atomic mass is 19.1. The molecule has 0 radical (unpaired) electrons. The maximum absolute atomic E-state index is 13.2. The first kappa shape index (κ1) is 15.2. The summed E-state index contributed by atoms with van der Waals surface area (Å²) in [6.07, 6.45) is 1.66. The molecule has 0 spiro atoms. The minimum Gasteiger partial charge on any atom is -0.307 e. The van der Waals surface area contributed by atoms with Gasteiger partial charge in [0.15, 0.2) is 0 Å². The van der Waals surface area contributed by atoms with Crippen LogP contribution in [0.15, 0.2) is 53.5 Å². The zero-order valence-electron chi connectivity index (χ0n) is 12.9. The summed E-state index contributed by atoms with van der Waals surface area (Å²) in [5.41, 5.74) is 2.34. The van der Waals surface area contributed by atoms with Crippen LogP contribution in [0.25, 0.3) is 0 Å². The molecule has 0 saturated heterocycles. The lowest BCUT2D eigenvalue weighted by atomic mass is 10.2. The number of anilines is 2. The molecule has 0 unspecified atom stereocenters. The van der Waals surface area contributed by atoms with Crippen LogP contribution in [0.1, 0.15) is 18.4 Å². The van der Waals surface area contributed by atoms with Gasteiger partial charge in [0.2, 0.25) is 0 Å². The van der Waals surface area contributed by atoms with Gasteiger partial charge in [-0.1, -0.05) is 18.2 Å². The molecule has 2 amide bonds. The normalized spacial score (nSPS) is 13.6. The van der Waals surface area contributed by atoms with Gasteiger partial charge in [0.05, 0.1) is 5.69 Å². The predicted molar refractivity (Wildman–Crippen MR) is 90.6 cm³/mol. The molecule has 4 nitrogen and oxygen atoms in total. The van der Waals surface area contributed by atoms with Crippen LogP contribution in [0.3, 0.4) is 0 Å². The van der Waals surface area contributed by atoms with Crippen molar-refractivity contribution < 1.29 is 9.18 Å². The number of aliphatic imine (C=N–C) groups is 1. The Bertz CT molecular complexity index is 740. The maximum atomic E-state index is 13.2. The molecule has 0 fully saturated rings. The van der Waals surface area contributed by atoms with E-state index in [9.17, 15) is 9.18 Å². The van der Waals surface area contributed by atoms with Crippen molar-refractivity contribution in [3.8, 4) is 0 Å². The van der Waals surface area contributed by atoms with Gasteiger partial charge in [-0.05, 0) is 49.2 Å². The van der Waals surface area contributed by atoms with E-state index in [4.69, 9.17) is 0 Å². The number of para-hydroxylation sites is 1. The van der Waals surface area contributed by atoms with Gasteiger partial charge in [0.1, 0.15) is 11.7 Å². The average Bonchev–Trinajstić information content (AvgIpc) is 3.06. The van der Waals surface area contributed by atoms with E-state index in [0.717, 1.165) is 24.1 Å². The first-order valence-electron chi connectivity index (χ1n) is 7.61. The molecule has 2 aromatic carbocycles. The third kappa shape index (κ3) is 3.39. The molecule has 0 atom stereocenters. The van der Waals surface area contributed by atoms with Crippen LogP contribution in [0, 0.1) is 12.7 Å². The van der Waals surface area contributed by atoms with Gasteiger partial charge in [-0.2, -0.15) is 0 Å². The van der Waals surface area contributed by atoms with Crippen LogP contribution in [-0.2, 0) is 0 Å². The fourth-order valence-electron chi connectivity index (χ4n) is 2.56. The molecule has 3 rings (SSSR count). The second-order valence-corrected chi connectivity index (χ2v) is 5.46. The third-order valence-corrected chi connectivity index (χ3v) is 3.79. The van der Waals surface area contributed by atoms with Crippen molar-refractivity contribution in [1.82, 2.24) is 0 Å². The summed E-state index contributed by atoms with van der Waals surface area (Å²) in [7, 11) is 0. The van der Waals surface area contributed by atoms with Crippen LogP contribution in [0.2, 0.25) is 0 Å². The van der Waals surface area contributed by atoms with Crippen molar-refractivity contribution in [2.75, 3.05) is 16.8 Å². The largest absolute Gasteiger partial charge is 0.331 e. The van der Waals surface area contributed by atoms with E-state index in [-0.39, 0.29) is 11.8 Å². The Hall–Kier alpha value is -2.69. The smallest absolute Gasteiger partial charge is 0.307 e. The molecule has 1 N–H and O–H groups in total. The van der Waals surface area contributed by atoms with Gasteiger partial charge in [-0.15, -0.1) is 0 Å². The number of nitrogens with zero attached hydrogens (tertiary/aromatic N) is 2. The summed E-state index contributed by atoms with van der Waals surface area (Å²) in [6, 6.07) is 13.2. The summed E-state index contributed by atoms with van der Waals surface area (Å²) in [5.74, 6) is 0.379. The molecule has 0 saturated carbocycles. The Balaban J connectivity index is 1.90. The van der Waals surface area contributed by atoms with Crippen molar-refractivity contribution in [3.63, 3.8) is 0 Å². The summed E-state index contributed by atoms with van der Waals surface area (Å²) >= 11 is 0. The Morgan fingerprint density at radius 1 is 1.17 bits per heavy atom. The molecule has 5 heteroatoms. The average molecular weight is 311 g/mol. The number of hydrogen-bond acceptors (Lipinski definition) is 2. The number of hydrogen-bond donors (Lipinski definition) is 1. The fraction of sp³-hybridized carbons (Fsp3) is 0.222. The second kappa shape index (κ2) is 6.60. The molecule has 1 aliphatic rings. The molecule has 0 bridgehead atoms. The van der Waals surface area contributed by atoms with Crippen LogP contribution >= 0.6 is 0 Å². The Kier molecular flexibility index (Phi) is 4.37. The lowest BCUT2D eigenvalue weighted by Gasteiger charge is -2.23. The Morgan fingerprint density at radius 2 is 1.91 bits per heavy atom. The van der Waals surface area contributed by atoms with Crippen molar-refractivity contribution in [2.45, 2.75) is 19.8 Å². The number of nitrogens with one attached hydrogen (secondary N) is 1. The summed E-state index contributed by atoms with van der Waals surface area (Å²) in [4.78, 5) is 18.7. The molecular formula is C18H18FN3O. The van der Waals surface area contributed by atoms with Crippen LogP contribution in [0.5, 0.6) is 0 Å². The molecule has 118 valence electrons. The predicted octanol–water partition coefficient (Wildman–Crippen LogP) is 4.36. The quantitative estimate of drug-likeness (QED) is 0.879. The Morgan fingerprint density at radius 3 is 2.57 bits per heavy atom. The third-order valence-electron chi connectivity index (χ3n) is 3.79. The van der Waals surface area contributed by atoms with Gasteiger partial charge in [-0.25, -0.2) is 9.18 Å². The van der Waals surface area contributed by atoms with Crippen molar-refractivity contribution >= 4 is 23.2 Å². The van der Waals surface area contributed by atoms with E-state index < -0.39 is 0 Å². The van der Waals surface area contributed by atoms with Crippen molar-refractivity contribution in [1.29, 1.82) is 0 Å². The van der Waals surface area contributed by atoms with Crippen LogP contribution in [0.4, 0.5) is 20.6 Å². The zero-order valence-corrected chi connectivity index (χ0v) is 12.9. The number of rotatable bonds is 2. The van der Waals surface area contributed by atoms with Gasteiger partial charge in [0, 0.05) is 18.7 Å². The van der Waals surface area contributed by atoms with E-state index in [0.29, 0.717) is 18.1 Å². The lowest BCUT2D eigenvalue weighted by Crippen LogP contribution is -2.39. The summed E-state index contributed by atoms with van der Waals surface area (Å²) < 4.78 is 13.2. The fourth-order valence-corrected chi connectivity index (χ4v) is 2.56. The number of amidine groups is 1. The number of amides is 2. The number of carbonyl (C=O) groups excluding carboxylic acids is 1. The van der Waals surface area contributed by atoms with E-state index in [2.05, 4.69) is 10.3 Å². The van der Waals surface area contributed by atoms with Gasteiger partial charge >= 0.3 is 6.03 Å². The highest BCUT2D eigenvalue weighted by molar-refractivity contribution is 6.20. The molecule has 1 aliphatic heterocycles. The van der Waals surface area contributed by atoms with E-state index >= 15 is 0 Å². The van der Waals surface area contributed by atoms with Gasteiger partial charge < -0.3 is 5.32 Å². The van der Waals surface area contributed by atoms with Crippen molar-refractivity contribution in [3.05, 3.63) is 59.9 Å². The molecule has 0 aliphatic carbocycles. The lowest BCUT2D eigenvalue weighted by molar-refractivity contribution is 0.259. The summed E-state index contributed by atoms with van der Waals surface area (Å²) in [6.45, 7) is 2.65. The monoisotopic (exact) mass is 311 g/mol. The van der Waals surface area contributed by atoms with Crippen LogP contribution in [-0.4, -0.2) is 18.4 Å². The highest BCUT2D eigenvalue weighted by Gasteiger charge is 2.24. The molecule has 23 heavy (non-hydrogen) atoms.